The molecule has 0 radical (unpaired) electrons. The minimum Gasteiger partial charge on any atom is -0.361 e. The summed E-state index contributed by atoms with van der Waals surface area (Å²) in [4.78, 5) is 26.7. The average molecular weight is 261 g/mol. The Kier molecular flexibility index (Phi) is 2.18. The van der Waals surface area contributed by atoms with E-state index in [2.05, 4.69) is 22.9 Å². The Balaban J connectivity index is 2.25. The highest BCUT2D eigenvalue weighted by molar-refractivity contribution is 7.82. The molecule has 18 heavy (non-hydrogen) atoms. The predicted octanol–water partition coefficient (Wildman–Crippen LogP) is 1.43. The highest BCUT2D eigenvalue weighted by Crippen LogP contribution is 2.39. The molecule has 1 aliphatic rings. The molecule has 6 heteroatoms. The molecule has 3 rings (SSSR count). The molecule has 2 heterocycles. The smallest absolute Gasteiger partial charge is 0.325 e. The maximum atomic E-state index is 12.0. The van der Waals surface area contributed by atoms with Crippen LogP contribution in [0.1, 0.15) is 5.56 Å². The van der Waals surface area contributed by atoms with Crippen molar-refractivity contribution in [2.24, 2.45) is 0 Å². The zero-order valence-corrected chi connectivity index (χ0v) is 10.5. The Morgan fingerprint density at radius 3 is 2.67 bits per heavy atom. The topological polar surface area (TPSA) is 65.2 Å². The van der Waals surface area contributed by atoms with Gasteiger partial charge in [-0.3, -0.25) is 10.1 Å². The van der Waals surface area contributed by atoms with Gasteiger partial charge in [0.1, 0.15) is 0 Å². The summed E-state index contributed by atoms with van der Waals surface area (Å²) >= 11 is 4.43. The van der Waals surface area contributed by atoms with Crippen LogP contribution in [0.15, 0.2) is 30.5 Å². The molecule has 5 nitrogen and oxygen atoms in total. The van der Waals surface area contributed by atoms with Crippen molar-refractivity contribution in [1.29, 1.82) is 0 Å². The molecular weight excluding hydrogens is 250 g/mol. The van der Waals surface area contributed by atoms with Gasteiger partial charge < -0.3 is 9.88 Å². The van der Waals surface area contributed by atoms with Crippen molar-refractivity contribution >= 4 is 35.5 Å². The molecule has 2 N–H and O–H groups in total. The molecule has 92 valence electrons. The van der Waals surface area contributed by atoms with E-state index < -0.39 is 16.8 Å². The number of rotatable bonds is 1. The van der Waals surface area contributed by atoms with Crippen LogP contribution in [0.25, 0.3) is 10.9 Å². The second-order valence-corrected chi connectivity index (χ2v) is 4.89. The Morgan fingerprint density at radius 1 is 1.28 bits per heavy atom. The zero-order valence-electron chi connectivity index (χ0n) is 9.60. The van der Waals surface area contributed by atoms with E-state index in [1.54, 1.807) is 13.2 Å². The van der Waals surface area contributed by atoms with Crippen LogP contribution < -0.4 is 5.32 Å². The number of H-pyrrole nitrogens is 1. The van der Waals surface area contributed by atoms with E-state index in [4.69, 9.17) is 0 Å². The van der Waals surface area contributed by atoms with Crippen molar-refractivity contribution in [3.8, 4) is 0 Å². The lowest BCUT2D eigenvalue weighted by Crippen LogP contribution is -2.39. The van der Waals surface area contributed by atoms with Crippen LogP contribution in [-0.4, -0.2) is 28.9 Å². The van der Waals surface area contributed by atoms with Crippen molar-refractivity contribution in [2.45, 2.75) is 4.87 Å². The number of carbonyl (C=O) groups is 2. The van der Waals surface area contributed by atoms with Crippen LogP contribution in [0.5, 0.6) is 0 Å². The van der Waals surface area contributed by atoms with E-state index in [0.29, 0.717) is 5.56 Å². The zero-order chi connectivity index (χ0) is 12.9. The van der Waals surface area contributed by atoms with E-state index in [-0.39, 0.29) is 0 Å². The largest absolute Gasteiger partial charge is 0.361 e. The summed E-state index contributed by atoms with van der Waals surface area (Å²) in [5.74, 6) is -0.428. The molecule has 0 saturated carbocycles. The lowest BCUT2D eigenvalue weighted by atomic mass is 10.0. The second-order valence-electron chi connectivity index (χ2n) is 4.24. The van der Waals surface area contributed by atoms with E-state index in [1.807, 2.05) is 24.3 Å². The number of likely N-dealkylation sites (N-methyl/N-ethyl adjacent to an activating group) is 1. The average Bonchev–Trinajstić information content (AvgIpc) is 2.87. The SMILES string of the molecule is CN1C(=O)NC(=O)C1(S)c1c[nH]c2ccccc12. The summed E-state index contributed by atoms with van der Waals surface area (Å²) in [6, 6.07) is 7.14. The number of nitrogens with one attached hydrogen (secondary N) is 2. The van der Waals surface area contributed by atoms with Crippen molar-refractivity contribution in [1.82, 2.24) is 15.2 Å². The number of aromatic nitrogens is 1. The Labute approximate surface area is 109 Å². The molecule has 1 saturated heterocycles. The van der Waals surface area contributed by atoms with Crippen LogP contribution in [-0.2, 0) is 9.67 Å². The van der Waals surface area contributed by atoms with E-state index in [9.17, 15) is 9.59 Å². The lowest BCUT2D eigenvalue weighted by Gasteiger charge is -2.26. The number of amides is 3. The van der Waals surface area contributed by atoms with Gasteiger partial charge >= 0.3 is 6.03 Å². The van der Waals surface area contributed by atoms with Gasteiger partial charge in [-0.2, -0.15) is 0 Å². The fraction of sp³-hybridized carbons (Fsp3) is 0.167. The first-order valence-corrected chi connectivity index (χ1v) is 5.88. The van der Waals surface area contributed by atoms with Crippen molar-refractivity contribution in [2.75, 3.05) is 7.05 Å². The standard InChI is InChI=1S/C12H11N3O2S/c1-15-11(17)14-10(16)12(15,18)8-6-13-9-5-3-2-4-7(8)9/h2-6,13,18H,1H3,(H,14,16,17). The van der Waals surface area contributed by atoms with Crippen molar-refractivity contribution in [3.63, 3.8) is 0 Å². The molecule has 1 atom stereocenters. The number of carbonyl (C=O) groups excluding carboxylic acids is 2. The van der Waals surface area contributed by atoms with Crippen LogP contribution >= 0.6 is 12.6 Å². The number of thiol groups is 1. The number of para-hydroxylation sites is 1. The van der Waals surface area contributed by atoms with Crippen LogP contribution in [0, 0.1) is 0 Å². The van der Waals surface area contributed by atoms with Crippen LogP contribution in [0.2, 0.25) is 0 Å². The first kappa shape index (κ1) is 11.2. The minimum absolute atomic E-state index is 0.428. The molecule has 1 unspecified atom stereocenters. The van der Waals surface area contributed by atoms with Gasteiger partial charge in [0.25, 0.3) is 5.91 Å². The maximum absolute atomic E-state index is 12.0. The van der Waals surface area contributed by atoms with E-state index >= 15 is 0 Å². The predicted molar refractivity (Wildman–Crippen MR) is 70.3 cm³/mol. The Bertz CT molecular complexity index is 666. The number of hydrogen-bond donors (Lipinski definition) is 3. The lowest BCUT2D eigenvalue weighted by molar-refractivity contribution is -0.122. The highest BCUT2D eigenvalue weighted by Gasteiger charge is 2.50. The number of hydrogen-bond acceptors (Lipinski definition) is 3. The van der Waals surface area contributed by atoms with Gasteiger partial charge in [-0.1, -0.05) is 18.2 Å². The fourth-order valence-electron chi connectivity index (χ4n) is 2.23. The van der Waals surface area contributed by atoms with Gasteiger partial charge in [-0.05, 0) is 6.07 Å². The number of benzene rings is 1. The number of aromatic amines is 1. The first-order chi connectivity index (χ1) is 8.55. The highest BCUT2D eigenvalue weighted by atomic mass is 32.1. The number of urea groups is 1. The van der Waals surface area contributed by atoms with Crippen molar-refractivity contribution in [3.05, 3.63) is 36.0 Å². The maximum Gasteiger partial charge on any atom is 0.325 e. The second kappa shape index (κ2) is 3.52. The van der Waals surface area contributed by atoms with E-state index in [1.165, 1.54) is 4.90 Å². The Hall–Kier alpha value is -1.95. The summed E-state index contributed by atoms with van der Waals surface area (Å²) in [5.41, 5.74) is 1.58. The third-order valence-electron chi connectivity index (χ3n) is 3.29. The fourth-order valence-corrected chi connectivity index (χ4v) is 2.56. The normalized spacial score (nSPS) is 23.8. The van der Waals surface area contributed by atoms with Gasteiger partial charge in [0.15, 0.2) is 4.87 Å². The number of fused-ring (bicyclic) bond motifs is 1. The summed E-state index contributed by atoms with van der Waals surface area (Å²) in [7, 11) is 1.55. The van der Waals surface area contributed by atoms with Crippen molar-refractivity contribution < 1.29 is 9.59 Å². The Morgan fingerprint density at radius 2 is 2.00 bits per heavy atom. The van der Waals surface area contributed by atoms with Crippen LogP contribution in [0.3, 0.4) is 0 Å². The molecule has 1 aromatic carbocycles. The summed E-state index contributed by atoms with van der Waals surface area (Å²) in [6.07, 6.45) is 1.71. The first-order valence-electron chi connectivity index (χ1n) is 5.43. The molecule has 3 amide bonds. The third-order valence-corrected chi connectivity index (χ3v) is 4.04. The monoisotopic (exact) mass is 261 g/mol. The number of imide groups is 1. The van der Waals surface area contributed by atoms with Gasteiger partial charge in [0, 0.05) is 29.7 Å². The van der Waals surface area contributed by atoms with E-state index in [0.717, 1.165) is 10.9 Å². The van der Waals surface area contributed by atoms with Gasteiger partial charge in [-0.15, -0.1) is 12.6 Å². The molecule has 0 bridgehead atoms. The summed E-state index contributed by atoms with van der Waals surface area (Å²) in [6.45, 7) is 0. The van der Waals surface area contributed by atoms with Crippen LogP contribution in [0.4, 0.5) is 4.79 Å². The third kappa shape index (κ3) is 1.23. The summed E-state index contributed by atoms with van der Waals surface area (Å²) in [5, 5.41) is 3.15. The minimum atomic E-state index is -1.27. The molecule has 1 fully saturated rings. The van der Waals surface area contributed by atoms with Gasteiger partial charge in [-0.25, -0.2) is 4.79 Å². The summed E-state index contributed by atoms with van der Waals surface area (Å²) < 4.78 is 0. The molecule has 2 aromatic rings. The molecule has 1 aromatic heterocycles. The molecular formula is C12H11N3O2S. The number of nitrogens with zero attached hydrogens (tertiary/aromatic N) is 1. The quantitative estimate of drug-likeness (QED) is 0.537. The van der Waals surface area contributed by atoms with Gasteiger partial charge in [0.2, 0.25) is 0 Å². The molecule has 0 spiro atoms. The molecule has 0 aliphatic carbocycles. The van der Waals surface area contributed by atoms with Gasteiger partial charge in [0.05, 0.1) is 0 Å². The molecule has 1 aliphatic heterocycles.